The molecule has 0 radical (unpaired) electrons. The molecule has 0 N–H and O–H groups in total. The fraction of sp³-hybridized carbons (Fsp3) is 0.636. The van der Waals surface area contributed by atoms with E-state index in [1.807, 2.05) is 0 Å². The first kappa shape index (κ1) is 26.1. The van der Waals surface area contributed by atoms with Gasteiger partial charge in [0.15, 0.2) is 0 Å². The molecule has 0 aliphatic heterocycles. The van der Waals surface area contributed by atoms with Crippen molar-refractivity contribution in [2.75, 3.05) is 0 Å². The maximum absolute atomic E-state index is 4.72. The summed E-state index contributed by atoms with van der Waals surface area (Å²) in [6, 6.07) is 0. The summed E-state index contributed by atoms with van der Waals surface area (Å²) < 4.78 is 0. The normalized spacial score (nSPS) is 22.9. The molecule has 33 heavy (non-hydrogen) atoms. The Morgan fingerprint density at radius 2 is 1.76 bits per heavy atom. The Hall–Kier alpha value is -1.56. The lowest BCUT2D eigenvalue weighted by atomic mass is 9.73. The minimum Gasteiger partial charge on any atom is -0.0989 e. The lowest BCUT2D eigenvalue weighted by molar-refractivity contribution is 0.402. The van der Waals surface area contributed by atoms with E-state index >= 15 is 0 Å². The van der Waals surface area contributed by atoms with E-state index in [-0.39, 0.29) is 0 Å². The van der Waals surface area contributed by atoms with E-state index in [1.54, 1.807) is 16.7 Å². The van der Waals surface area contributed by atoms with Crippen molar-refractivity contribution < 1.29 is 0 Å². The quantitative estimate of drug-likeness (QED) is 0.293. The first-order valence-electron chi connectivity index (χ1n) is 14.0. The van der Waals surface area contributed by atoms with Gasteiger partial charge >= 0.3 is 0 Å². The van der Waals surface area contributed by atoms with Gasteiger partial charge in [-0.05, 0) is 106 Å². The molecule has 0 bridgehead atoms. The van der Waals surface area contributed by atoms with Crippen LogP contribution in [0.25, 0.3) is 0 Å². The van der Waals surface area contributed by atoms with Crippen LogP contribution in [-0.2, 0) is 0 Å². The van der Waals surface area contributed by atoms with Gasteiger partial charge in [-0.2, -0.15) is 0 Å². The minimum absolute atomic E-state index is 0.557. The Balaban J connectivity index is 1.80. The third-order valence-corrected chi connectivity index (χ3v) is 8.36. The van der Waals surface area contributed by atoms with Gasteiger partial charge in [-0.1, -0.05) is 93.7 Å². The van der Waals surface area contributed by atoms with E-state index in [4.69, 9.17) is 6.58 Å². The zero-order valence-electron chi connectivity index (χ0n) is 22.3. The molecule has 0 spiro atoms. The van der Waals surface area contributed by atoms with Crippen LogP contribution < -0.4 is 0 Å². The van der Waals surface area contributed by atoms with Crippen molar-refractivity contribution in [3.63, 3.8) is 0 Å². The van der Waals surface area contributed by atoms with Crippen molar-refractivity contribution in [3.8, 4) is 0 Å². The Bertz CT molecular complexity index is 816. The highest BCUT2D eigenvalue weighted by Gasteiger charge is 2.26. The topological polar surface area (TPSA) is 0 Å². The van der Waals surface area contributed by atoms with Gasteiger partial charge in [0.05, 0.1) is 0 Å². The standard InChI is InChI=1S/C33H50/c1-7-25(4)31-18-12-11-16-30(31)23-27(6)32-19-13-17-29(22-24(2)3)33(32)21-20-26(5)28-14-9-8-10-15-28/h16,18,20,24,28,32H,4,6-15,17,19,21-23H2,1-3,5H3. The monoisotopic (exact) mass is 446 g/mol. The summed E-state index contributed by atoms with van der Waals surface area (Å²) >= 11 is 0. The Morgan fingerprint density at radius 1 is 1.03 bits per heavy atom. The van der Waals surface area contributed by atoms with Gasteiger partial charge in [0.1, 0.15) is 0 Å². The maximum atomic E-state index is 4.72. The molecule has 1 fully saturated rings. The largest absolute Gasteiger partial charge is 0.0989 e. The van der Waals surface area contributed by atoms with Crippen LogP contribution in [0.5, 0.6) is 0 Å². The van der Waals surface area contributed by atoms with Crippen molar-refractivity contribution in [1.82, 2.24) is 0 Å². The molecule has 0 aromatic rings. The summed E-state index contributed by atoms with van der Waals surface area (Å²) in [5, 5.41) is 0. The van der Waals surface area contributed by atoms with Crippen LogP contribution >= 0.6 is 0 Å². The molecule has 182 valence electrons. The highest BCUT2D eigenvalue weighted by atomic mass is 14.3. The van der Waals surface area contributed by atoms with Crippen molar-refractivity contribution in [3.05, 3.63) is 70.4 Å². The van der Waals surface area contributed by atoms with Crippen molar-refractivity contribution in [2.24, 2.45) is 17.8 Å². The van der Waals surface area contributed by atoms with Crippen molar-refractivity contribution in [2.45, 2.75) is 118 Å². The number of rotatable bonds is 10. The van der Waals surface area contributed by atoms with E-state index in [2.05, 4.69) is 52.5 Å². The minimum atomic E-state index is 0.557. The van der Waals surface area contributed by atoms with Gasteiger partial charge in [0, 0.05) is 5.92 Å². The van der Waals surface area contributed by atoms with Gasteiger partial charge in [-0.15, -0.1) is 0 Å². The highest BCUT2D eigenvalue weighted by Crippen LogP contribution is 2.42. The van der Waals surface area contributed by atoms with Crippen LogP contribution in [0, 0.1) is 17.8 Å². The van der Waals surface area contributed by atoms with Crippen LogP contribution in [0.1, 0.15) is 118 Å². The summed E-state index contributed by atoms with van der Waals surface area (Å²) in [6.45, 7) is 18.5. The van der Waals surface area contributed by atoms with Crippen LogP contribution in [0.4, 0.5) is 0 Å². The van der Waals surface area contributed by atoms with Crippen molar-refractivity contribution >= 4 is 0 Å². The van der Waals surface area contributed by atoms with E-state index in [9.17, 15) is 0 Å². The molecule has 1 unspecified atom stereocenters. The second kappa shape index (κ2) is 12.8. The zero-order chi connectivity index (χ0) is 23.8. The van der Waals surface area contributed by atoms with Crippen LogP contribution in [-0.4, -0.2) is 0 Å². The summed E-state index contributed by atoms with van der Waals surface area (Å²) in [6.07, 6.45) is 25.3. The molecule has 3 aliphatic rings. The molecule has 0 heterocycles. The van der Waals surface area contributed by atoms with E-state index in [0.29, 0.717) is 5.92 Å². The highest BCUT2D eigenvalue weighted by molar-refractivity contribution is 5.49. The molecule has 1 atom stereocenters. The third kappa shape index (κ3) is 7.21. The number of hydrogen-bond donors (Lipinski definition) is 0. The number of hydrogen-bond acceptors (Lipinski definition) is 0. The van der Waals surface area contributed by atoms with E-state index in [0.717, 1.165) is 37.5 Å². The molecule has 0 aromatic carbocycles. The fourth-order valence-corrected chi connectivity index (χ4v) is 6.38. The lowest BCUT2D eigenvalue weighted by Gasteiger charge is -2.32. The van der Waals surface area contributed by atoms with Crippen molar-refractivity contribution in [1.29, 1.82) is 0 Å². The van der Waals surface area contributed by atoms with Crippen LogP contribution in [0.3, 0.4) is 0 Å². The smallest absolute Gasteiger partial charge is 0.00135 e. The SMILES string of the molecule is C=C(CC)C1=CCCC=C1CC(=C)C1CCCC(CC(C)C)=C1CC=C(C)C1CCCCC1. The fourth-order valence-electron chi connectivity index (χ4n) is 6.38. The molecule has 0 amide bonds. The van der Waals surface area contributed by atoms with E-state index < -0.39 is 0 Å². The molecule has 1 saturated carbocycles. The van der Waals surface area contributed by atoms with Crippen LogP contribution in [0.15, 0.2) is 70.4 Å². The second-order valence-electron chi connectivity index (χ2n) is 11.4. The van der Waals surface area contributed by atoms with E-state index in [1.165, 1.54) is 86.5 Å². The molecular formula is C33H50. The summed E-state index contributed by atoms with van der Waals surface area (Å²) in [5.41, 5.74) is 10.8. The van der Waals surface area contributed by atoms with Gasteiger partial charge in [-0.3, -0.25) is 0 Å². The first-order valence-corrected chi connectivity index (χ1v) is 14.0. The Kier molecular flexibility index (Phi) is 10.1. The maximum Gasteiger partial charge on any atom is 0.00135 e. The third-order valence-electron chi connectivity index (χ3n) is 8.36. The van der Waals surface area contributed by atoms with Gasteiger partial charge in [0.2, 0.25) is 0 Å². The number of allylic oxidation sites excluding steroid dienone is 10. The average Bonchev–Trinajstić information content (AvgIpc) is 2.83. The summed E-state index contributed by atoms with van der Waals surface area (Å²) in [5.74, 6) is 2.12. The van der Waals surface area contributed by atoms with Gasteiger partial charge in [0.25, 0.3) is 0 Å². The molecule has 3 rings (SSSR count). The first-order chi connectivity index (χ1) is 15.9. The Labute approximate surface area is 205 Å². The Morgan fingerprint density at radius 3 is 2.45 bits per heavy atom. The molecule has 0 nitrogen and oxygen atoms in total. The predicted molar refractivity (Wildman–Crippen MR) is 147 cm³/mol. The summed E-state index contributed by atoms with van der Waals surface area (Å²) in [4.78, 5) is 0. The molecule has 0 saturated heterocycles. The van der Waals surface area contributed by atoms with Crippen LogP contribution in [0.2, 0.25) is 0 Å². The molecule has 0 aromatic heterocycles. The average molecular weight is 447 g/mol. The molecular weight excluding hydrogens is 396 g/mol. The zero-order valence-corrected chi connectivity index (χ0v) is 22.3. The predicted octanol–water partition coefficient (Wildman–Crippen LogP) is 10.6. The second-order valence-corrected chi connectivity index (χ2v) is 11.4. The summed E-state index contributed by atoms with van der Waals surface area (Å²) in [7, 11) is 0. The molecule has 0 heteroatoms. The van der Waals surface area contributed by atoms with Gasteiger partial charge < -0.3 is 0 Å². The molecule has 3 aliphatic carbocycles. The van der Waals surface area contributed by atoms with Gasteiger partial charge in [-0.25, -0.2) is 0 Å². The lowest BCUT2D eigenvalue weighted by Crippen LogP contribution is -2.17.